The standard InChI is InChI=1S/C26H27N3O4/c1-26(2,3)33-25(31)29(17-19-11-9-18(16-27)10-12-19)23-15-20(13-14-28-23)24(30)21-7-5-6-8-22(21)32-4/h5-15,24,30H,17H2,1-4H3. The first-order chi connectivity index (χ1) is 15.7. The number of aliphatic hydroxyl groups is 1. The summed E-state index contributed by atoms with van der Waals surface area (Å²) < 4.78 is 11.0. The minimum absolute atomic E-state index is 0.182. The van der Waals surface area contributed by atoms with Gasteiger partial charge in [0, 0.05) is 11.8 Å². The van der Waals surface area contributed by atoms with E-state index >= 15 is 0 Å². The van der Waals surface area contributed by atoms with Crippen molar-refractivity contribution in [1.82, 2.24) is 4.98 Å². The van der Waals surface area contributed by atoms with Gasteiger partial charge in [0.2, 0.25) is 0 Å². The molecule has 0 aliphatic rings. The Kier molecular flexibility index (Phi) is 7.31. The summed E-state index contributed by atoms with van der Waals surface area (Å²) in [6.07, 6.45) is 0.000927. The molecule has 0 saturated heterocycles. The molecular weight excluding hydrogens is 418 g/mol. The van der Waals surface area contributed by atoms with Gasteiger partial charge in [-0.25, -0.2) is 9.78 Å². The second-order valence-corrected chi connectivity index (χ2v) is 8.47. The third-order valence-corrected chi connectivity index (χ3v) is 4.83. The van der Waals surface area contributed by atoms with Gasteiger partial charge in [0.1, 0.15) is 23.3 Å². The van der Waals surface area contributed by atoms with Gasteiger partial charge in [-0.1, -0.05) is 30.3 Å². The number of anilines is 1. The first-order valence-electron chi connectivity index (χ1n) is 10.5. The van der Waals surface area contributed by atoms with Crippen LogP contribution in [0.25, 0.3) is 0 Å². The van der Waals surface area contributed by atoms with Gasteiger partial charge >= 0.3 is 6.09 Å². The van der Waals surface area contributed by atoms with E-state index in [1.165, 1.54) is 4.90 Å². The monoisotopic (exact) mass is 445 g/mol. The van der Waals surface area contributed by atoms with E-state index in [0.29, 0.717) is 28.3 Å². The van der Waals surface area contributed by atoms with E-state index < -0.39 is 17.8 Å². The summed E-state index contributed by atoms with van der Waals surface area (Å²) in [7, 11) is 1.55. The molecule has 7 heteroatoms. The number of pyridine rings is 1. The number of aliphatic hydroxyl groups excluding tert-OH is 1. The third-order valence-electron chi connectivity index (χ3n) is 4.83. The molecule has 3 aromatic rings. The molecule has 1 unspecified atom stereocenters. The van der Waals surface area contributed by atoms with E-state index in [9.17, 15) is 9.90 Å². The van der Waals surface area contributed by atoms with Crippen LogP contribution in [0.5, 0.6) is 5.75 Å². The van der Waals surface area contributed by atoms with Crippen LogP contribution < -0.4 is 9.64 Å². The average molecular weight is 446 g/mol. The topological polar surface area (TPSA) is 95.7 Å². The molecule has 1 amide bonds. The van der Waals surface area contributed by atoms with Crippen molar-refractivity contribution in [3.63, 3.8) is 0 Å². The van der Waals surface area contributed by atoms with Crippen molar-refractivity contribution in [2.24, 2.45) is 0 Å². The molecule has 1 aromatic heterocycles. The van der Waals surface area contributed by atoms with Crippen molar-refractivity contribution in [3.05, 3.63) is 89.1 Å². The molecule has 2 aromatic carbocycles. The second-order valence-electron chi connectivity index (χ2n) is 8.47. The van der Waals surface area contributed by atoms with Crippen molar-refractivity contribution in [1.29, 1.82) is 5.26 Å². The molecule has 0 spiro atoms. The number of benzene rings is 2. The van der Waals surface area contributed by atoms with Gasteiger partial charge in [0.25, 0.3) is 0 Å². The van der Waals surface area contributed by atoms with Crippen molar-refractivity contribution >= 4 is 11.9 Å². The molecule has 0 radical (unpaired) electrons. The van der Waals surface area contributed by atoms with Gasteiger partial charge in [0.05, 0.1) is 25.3 Å². The van der Waals surface area contributed by atoms with Gasteiger partial charge in [-0.05, 0) is 62.2 Å². The van der Waals surface area contributed by atoms with E-state index in [0.717, 1.165) is 5.56 Å². The largest absolute Gasteiger partial charge is 0.496 e. The minimum Gasteiger partial charge on any atom is -0.496 e. The Bertz CT molecular complexity index is 1150. The summed E-state index contributed by atoms with van der Waals surface area (Å²) >= 11 is 0. The number of rotatable bonds is 6. The normalized spacial score (nSPS) is 11.9. The Labute approximate surface area is 193 Å². The number of ether oxygens (including phenoxy) is 2. The van der Waals surface area contributed by atoms with E-state index in [-0.39, 0.29) is 6.54 Å². The predicted octanol–water partition coefficient (Wildman–Crippen LogP) is 4.99. The molecule has 33 heavy (non-hydrogen) atoms. The number of carbonyl (C=O) groups is 1. The van der Waals surface area contributed by atoms with E-state index in [4.69, 9.17) is 14.7 Å². The average Bonchev–Trinajstić information content (AvgIpc) is 2.81. The van der Waals surface area contributed by atoms with Gasteiger partial charge in [0.15, 0.2) is 0 Å². The van der Waals surface area contributed by atoms with Crippen LogP contribution in [-0.4, -0.2) is 28.9 Å². The minimum atomic E-state index is -0.974. The maximum atomic E-state index is 13.1. The lowest BCUT2D eigenvalue weighted by Crippen LogP contribution is -2.37. The molecule has 1 atom stereocenters. The number of carbonyl (C=O) groups excluding carboxylic acids is 1. The zero-order valence-electron chi connectivity index (χ0n) is 19.1. The number of hydrogen-bond acceptors (Lipinski definition) is 6. The van der Waals surface area contributed by atoms with Crippen LogP contribution in [0.3, 0.4) is 0 Å². The number of methoxy groups -OCH3 is 1. The smallest absolute Gasteiger partial charge is 0.416 e. The van der Waals surface area contributed by atoms with Crippen LogP contribution in [0.15, 0.2) is 66.9 Å². The second kappa shape index (κ2) is 10.2. The van der Waals surface area contributed by atoms with Crippen LogP contribution in [0.4, 0.5) is 10.6 Å². The fourth-order valence-electron chi connectivity index (χ4n) is 3.25. The van der Waals surface area contributed by atoms with Crippen molar-refractivity contribution in [3.8, 4) is 11.8 Å². The lowest BCUT2D eigenvalue weighted by Gasteiger charge is -2.27. The fraction of sp³-hybridized carbons (Fsp3) is 0.269. The highest BCUT2D eigenvalue weighted by molar-refractivity contribution is 5.86. The van der Waals surface area contributed by atoms with E-state index in [1.807, 2.05) is 12.1 Å². The molecular formula is C26H27N3O4. The highest BCUT2D eigenvalue weighted by Crippen LogP contribution is 2.31. The molecule has 1 N–H and O–H groups in total. The molecule has 1 heterocycles. The van der Waals surface area contributed by atoms with Crippen LogP contribution in [0.1, 0.15) is 49.1 Å². The molecule has 3 rings (SSSR count). The highest BCUT2D eigenvalue weighted by Gasteiger charge is 2.26. The summed E-state index contributed by atoms with van der Waals surface area (Å²) in [5, 5.41) is 20.1. The number of nitrogens with zero attached hydrogens (tertiary/aromatic N) is 3. The van der Waals surface area contributed by atoms with Gasteiger partial charge in [-0.15, -0.1) is 0 Å². The summed E-state index contributed by atoms with van der Waals surface area (Å²) in [5.74, 6) is 0.894. The molecule has 0 fully saturated rings. The van der Waals surface area contributed by atoms with Crippen LogP contribution >= 0.6 is 0 Å². The maximum Gasteiger partial charge on any atom is 0.416 e. The zero-order valence-corrected chi connectivity index (χ0v) is 19.1. The number of amides is 1. The summed E-state index contributed by atoms with van der Waals surface area (Å²) in [6, 6.07) is 19.6. The van der Waals surface area contributed by atoms with Gasteiger partial charge in [-0.2, -0.15) is 5.26 Å². The Balaban J connectivity index is 1.97. The highest BCUT2D eigenvalue weighted by atomic mass is 16.6. The zero-order chi connectivity index (χ0) is 24.0. The molecule has 0 aliphatic heterocycles. The molecule has 170 valence electrons. The Morgan fingerprint density at radius 3 is 2.48 bits per heavy atom. The molecule has 0 aliphatic carbocycles. The van der Waals surface area contributed by atoms with Gasteiger partial charge < -0.3 is 14.6 Å². The van der Waals surface area contributed by atoms with Crippen molar-refractivity contribution in [2.75, 3.05) is 12.0 Å². The number of hydrogen-bond donors (Lipinski definition) is 1. The Morgan fingerprint density at radius 1 is 1.15 bits per heavy atom. The number of aromatic nitrogens is 1. The van der Waals surface area contributed by atoms with Crippen LogP contribution in [0.2, 0.25) is 0 Å². The first kappa shape index (κ1) is 23.8. The van der Waals surface area contributed by atoms with Crippen LogP contribution in [-0.2, 0) is 11.3 Å². The first-order valence-corrected chi connectivity index (χ1v) is 10.5. The Morgan fingerprint density at radius 2 is 1.85 bits per heavy atom. The quantitative estimate of drug-likeness (QED) is 0.575. The summed E-state index contributed by atoms with van der Waals surface area (Å²) in [4.78, 5) is 18.8. The molecule has 0 bridgehead atoms. The van der Waals surface area contributed by atoms with Crippen molar-refractivity contribution < 1.29 is 19.4 Å². The SMILES string of the molecule is COc1ccccc1C(O)c1ccnc(N(Cc2ccc(C#N)cc2)C(=O)OC(C)(C)C)c1. The number of nitriles is 1. The predicted molar refractivity (Wildman–Crippen MR) is 125 cm³/mol. The fourth-order valence-corrected chi connectivity index (χ4v) is 3.25. The molecule has 0 saturated carbocycles. The van der Waals surface area contributed by atoms with Crippen molar-refractivity contribution in [2.45, 2.75) is 39.0 Å². The lowest BCUT2D eigenvalue weighted by molar-refractivity contribution is 0.0576. The van der Waals surface area contributed by atoms with Crippen LogP contribution in [0, 0.1) is 11.3 Å². The van der Waals surface area contributed by atoms with E-state index in [2.05, 4.69) is 11.1 Å². The molecule has 7 nitrogen and oxygen atoms in total. The van der Waals surface area contributed by atoms with E-state index in [1.54, 1.807) is 82.6 Å². The van der Waals surface area contributed by atoms with Gasteiger partial charge in [-0.3, -0.25) is 4.90 Å². The Hall–Kier alpha value is -3.89. The maximum absolute atomic E-state index is 13.1. The summed E-state index contributed by atoms with van der Waals surface area (Å²) in [5.41, 5.74) is 1.79. The summed E-state index contributed by atoms with van der Waals surface area (Å²) in [6.45, 7) is 5.56. The third kappa shape index (κ3) is 6.09. The lowest BCUT2D eigenvalue weighted by atomic mass is 10.0. The number of para-hydroxylation sites is 1.